The zero-order chi connectivity index (χ0) is 13.8. The molecule has 0 aliphatic carbocycles. The van der Waals surface area contributed by atoms with Crippen molar-refractivity contribution in [2.75, 3.05) is 6.54 Å². The molecule has 0 unspecified atom stereocenters. The molecule has 7 heteroatoms. The fraction of sp³-hybridized carbons (Fsp3) is 0.636. The second-order valence-corrected chi connectivity index (χ2v) is 5.26. The van der Waals surface area contributed by atoms with E-state index in [1.807, 2.05) is 20.8 Å². The van der Waals surface area contributed by atoms with E-state index in [1.165, 1.54) is 10.9 Å². The average Bonchev–Trinajstić information content (AvgIpc) is 2.63. The van der Waals surface area contributed by atoms with Gasteiger partial charge in [0.05, 0.1) is 12.7 Å². The Morgan fingerprint density at radius 1 is 1.44 bits per heavy atom. The molecule has 0 saturated carbocycles. The Morgan fingerprint density at radius 2 is 2.11 bits per heavy atom. The van der Waals surface area contributed by atoms with Crippen molar-refractivity contribution in [3.63, 3.8) is 0 Å². The summed E-state index contributed by atoms with van der Waals surface area (Å²) in [6, 6.07) is 0. The van der Waals surface area contributed by atoms with Gasteiger partial charge in [-0.2, -0.15) is 0 Å². The fourth-order valence-corrected chi connectivity index (χ4v) is 1.36. The number of aromatic carboxylic acids is 1. The molecule has 2 N–H and O–H groups in total. The molecule has 100 valence electrons. The van der Waals surface area contributed by atoms with Crippen LogP contribution in [-0.2, 0) is 11.3 Å². The molecular formula is C11H18N4O3. The van der Waals surface area contributed by atoms with Crippen LogP contribution >= 0.6 is 0 Å². The summed E-state index contributed by atoms with van der Waals surface area (Å²) in [4.78, 5) is 22.1. The minimum Gasteiger partial charge on any atom is -0.476 e. The number of hydrogen-bond donors (Lipinski definition) is 2. The van der Waals surface area contributed by atoms with Gasteiger partial charge in [-0.3, -0.25) is 4.79 Å². The van der Waals surface area contributed by atoms with E-state index >= 15 is 0 Å². The van der Waals surface area contributed by atoms with Gasteiger partial charge in [-0.15, -0.1) is 5.10 Å². The number of rotatable bonds is 5. The smallest absolute Gasteiger partial charge is 0.358 e. The van der Waals surface area contributed by atoms with Gasteiger partial charge in [0.2, 0.25) is 5.91 Å². The van der Waals surface area contributed by atoms with Crippen LogP contribution in [0.3, 0.4) is 0 Å². The van der Waals surface area contributed by atoms with Crippen molar-refractivity contribution in [3.8, 4) is 0 Å². The van der Waals surface area contributed by atoms with E-state index in [2.05, 4.69) is 15.6 Å². The van der Waals surface area contributed by atoms with E-state index in [-0.39, 0.29) is 17.0 Å². The number of carboxylic acids is 1. The number of nitrogens with zero attached hydrogens (tertiary/aromatic N) is 3. The Kier molecular flexibility index (Phi) is 4.41. The third-order valence-electron chi connectivity index (χ3n) is 2.11. The second kappa shape index (κ2) is 5.61. The summed E-state index contributed by atoms with van der Waals surface area (Å²) in [7, 11) is 0. The summed E-state index contributed by atoms with van der Waals surface area (Å²) in [6.45, 7) is 6.77. The number of hydrogen-bond acceptors (Lipinski definition) is 4. The van der Waals surface area contributed by atoms with Gasteiger partial charge in [-0.25, -0.2) is 9.48 Å². The molecule has 0 radical (unpaired) electrons. The van der Waals surface area contributed by atoms with Gasteiger partial charge < -0.3 is 10.4 Å². The minimum atomic E-state index is -1.11. The van der Waals surface area contributed by atoms with Crippen LogP contribution in [0.15, 0.2) is 6.20 Å². The summed E-state index contributed by atoms with van der Waals surface area (Å²) in [5.41, 5.74) is -0.149. The lowest BCUT2D eigenvalue weighted by atomic mass is 9.92. The van der Waals surface area contributed by atoms with Crippen molar-refractivity contribution in [2.24, 2.45) is 5.41 Å². The van der Waals surface area contributed by atoms with Crippen molar-refractivity contribution in [3.05, 3.63) is 11.9 Å². The van der Waals surface area contributed by atoms with Crippen LogP contribution in [0, 0.1) is 5.41 Å². The number of nitrogens with one attached hydrogen (secondary N) is 1. The summed E-state index contributed by atoms with van der Waals surface area (Å²) in [5.74, 6) is -1.14. The molecule has 0 aromatic carbocycles. The molecule has 0 saturated heterocycles. The molecule has 0 aliphatic heterocycles. The number of carbonyl (C=O) groups is 2. The van der Waals surface area contributed by atoms with Crippen molar-refractivity contribution in [1.29, 1.82) is 0 Å². The molecule has 0 atom stereocenters. The molecule has 0 bridgehead atoms. The van der Waals surface area contributed by atoms with Gasteiger partial charge in [0.25, 0.3) is 0 Å². The zero-order valence-electron chi connectivity index (χ0n) is 10.8. The minimum absolute atomic E-state index is 0.0268. The van der Waals surface area contributed by atoms with Gasteiger partial charge in [0.15, 0.2) is 5.69 Å². The van der Waals surface area contributed by atoms with Gasteiger partial charge >= 0.3 is 5.97 Å². The van der Waals surface area contributed by atoms with Crippen LogP contribution < -0.4 is 5.32 Å². The number of carboxylic acid groups (broad SMARTS) is 1. The lowest BCUT2D eigenvalue weighted by Gasteiger charge is -2.17. The first-order chi connectivity index (χ1) is 8.28. The van der Waals surface area contributed by atoms with Crippen molar-refractivity contribution in [1.82, 2.24) is 20.3 Å². The third kappa shape index (κ3) is 4.94. The van der Waals surface area contributed by atoms with Crippen LogP contribution in [0.25, 0.3) is 0 Å². The molecule has 1 heterocycles. The van der Waals surface area contributed by atoms with Crippen molar-refractivity contribution in [2.45, 2.75) is 33.7 Å². The third-order valence-corrected chi connectivity index (χ3v) is 2.11. The van der Waals surface area contributed by atoms with Crippen LogP contribution in [0.2, 0.25) is 0 Å². The summed E-state index contributed by atoms with van der Waals surface area (Å²) < 4.78 is 1.39. The maximum Gasteiger partial charge on any atom is 0.358 e. The molecule has 0 fully saturated rings. The summed E-state index contributed by atoms with van der Waals surface area (Å²) in [6.07, 6.45) is 1.78. The van der Waals surface area contributed by atoms with E-state index in [9.17, 15) is 9.59 Å². The maximum atomic E-state index is 11.5. The van der Waals surface area contributed by atoms with E-state index in [0.29, 0.717) is 19.5 Å². The highest BCUT2D eigenvalue weighted by Gasteiger charge is 2.15. The lowest BCUT2D eigenvalue weighted by molar-refractivity contribution is -0.122. The highest BCUT2D eigenvalue weighted by Crippen LogP contribution is 2.17. The Hall–Kier alpha value is -1.92. The van der Waals surface area contributed by atoms with Crippen molar-refractivity contribution < 1.29 is 14.7 Å². The molecule has 1 rings (SSSR count). The fourth-order valence-electron chi connectivity index (χ4n) is 1.36. The van der Waals surface area contributed by atoms with E-state index in [4.69, 9.17) is 5.11 Å². The van der Waals surface area contributed by atoms with E-state index in [1.54, 1.807) is 0 Å². The first-order valence-corrected chi connectivity index (χ1v) is 5.68. The predicted octanol–water partition coefficient (Wildman–Crippen LogP) is 0.529. The lowest BCUT2D eigenvalue weighted by Crippen LogP contribution is -2.30. The highest BCUT2D eigenvalue weighted by atomic mass is 16.4. The molecule has 0 aliphatic rings. The molecular weight excluding hydrogens is 236 g/mol. The SMILES string of the molecule is CC(C)(C)CC(=O)NCCn1cc(C(=O)O)nn1. The number of aromatic nitrogens is 3. The Bertz CT molecular complexity index is 434. The topological polar surface area (TPSA) is 97.1 Å². The van der Waals surface area contributed by atoms with E-state index in [0.717, 1.165) is 0 Å². The average molecular weight is 254 g/mol. The molecule has 1 amide bonds. The predicted molar refractivity (Wildman–Crippen MR) is 64.1 cm³/mol. The zero-order valence-corrected chi connectivity index (χ0v) is 10.8. The van der Waals surface area contributed by atoms with Gasteiger partial charge in [0.1, 0.15) is 0 Å². The first-order valence-electron chi connectivity index (χ1n) is 5.68. The number of carbonyl (C=O) groups excluding carboxylic acids is 1. The molecule has 1 aromatic heterocycles. The Labute approximate surface area is 105 Å². The maximum absolute atomic E-state index is 11.5. The van der Waals surface area contributed by atoms with Gasteiger partial charge in [-0.1, -0.05) is 26.0 Å². The number of amides is 1. The van der Waals surface area contributed by atoms with Crippen LogP contribution in [-0.4, -0.2) is 38.5 Å². The standard InChI is InChI=1S/C11H18N4O3/c1-11(2,3)6-9(16)12-4-5-15-7-8(10(17)18)13-14-15/h7H,4-6H2,1-3H3,(H,12,16)(H,17,18). The monoisotopic (exact) mass is 254 g/mol. The summed E-state index contributed by atoms with van der Waals surface area (Å²) >= 11 is 0. The largest absolute Gasteiger partial charge is 0.476 e. The van der Waals surface area contributed by atoms with Gasteiger partial charge in [0, 0.05) is 13.0 Å². The normalized spacial score (nSPS) is 11.3. The molecule has 18 heavy (non-hydrogen) atoms. The highest BCUT2D eigenvalue weighted by molar-refractivity contribution is 5.84. The van der Waals surface area contributed by atoms with Crippen molar-refractivity contribution >= 4 is 11.9 Å². The molecule has 1 aromatic rings. The molecule has 0 spiro atoms. The Balaban J connectivity index is 2.33. The molecule has 7 nitrogen and oxygen atoms in total. The van der Waals surface area contributed by atoms with Crippen LogP contribution in [0.5, 0.6) is 0 Å². The van der Waals surface area contributed by atoms with Crippen LogP contribution in [0.1, 0.15) is 37.7 Å². The van der Waals surface area contributed by atoms with Crippen LogP contribution in [0.4, 0.5) is 0 Å². The van der Waals surface area contributed by atoms with Gasteiger partial charge in [-0.05, 0) is 5.41 Å². The quantitative estimate of drug-likeness (QED) is 0.798. The summed E-state index contributed by atoms with van der Waals surface area (Å²) in [5, 5.41) is 18.5. The van der Waals surface area contributed by atoms with E-state index < -0.39 is 5.97 Å². The second-order valence-electron chi connectivity index (χ2n) is 5.26. The first kappa shape index (κ1) is 14.1. The Morgan fingerprint density at radius 3 is 2.61 bits per heavy atom.